The number of halogens is 2. The highest BCUT2D eigenvalue weighted by Gasteiger charge is 2.18. The Labute approximate surface area is 230 Å². The number of methoxy groups -OCH3 is 1. The van der Waals surface area contributed by atoms with E-state index in [1.54, 1.807) is 49.4 Å². The van der Waals surface area contributed by atoms with Gasteiger partial charge >= 0.3 is 12.1 Å². The molecule has 200 valence electrons. The van der Waals surface area contributed by atoms with Crippen LogP contribution in [-0.4, -0.2) is 44.7 Å². The van der Waals surface area contributed by atoms with Gasteiger partial charge in [0.1, 0.15) is 18.0 Å². The van der Waals surface area contributed by atoms with Gasteiger partial charge in [-0.05, 0) is 55.8 Å². The fraction of sp³-hybridized carbons (Fsp3) is 0.250. The lowest BCUT2D eigenvalue weighted by atomic mass is 10.0. The van der Waals surface area contributed by atoms with E-state index in [2.05, 4.69) is 5.32 Å². The van der Waals surface area contributed by atoms with Crippen LogP contribution in [0.25, 0.3) is 0 Å². The van der Waals surface area contributed by atoms with Crippen LogP contribution in [0.2, 0.25) is 10.0 Å². The summed E-state index contributed by atoms with van der Waals surface area (Å²) in [5.74, 6) is 0.198. The Morgan fingerprint density at radius 2 is 1.68 bits per heavy atom. The standard InChI is InChI=1S/C28H27Cl2NO7/c1-4-36-25(32)16-31-28(34)37-11-10-18-13-22(29)27(23(30)14-18)38-20-8-9-24(35-3)21(15-20)26(33)19-7-5-6-17(2)12-19/h5-9,12-15H,4,10-11,16H2,1-3H3,(H,31,34). The first-order valence-corrected chi connectivity index (χ1v) is 12.5. The largest absolute Gasteiger partial charge is 0.496 e. The molecule has 0 bridgehead atoms. The zero-order valence-electron chi connectivity index (χ0n) is 21.1. The first kappa shape index (κ1) is 28.8. The number of carbonyl (C=O) groups is 3. The number of hydrogen-bond acceptors (Lipinski definition) is 7. The van der Waals surface area contributed by atoms with Crippen molar-refractivity contribution in [2.75, 3.05) is 26.9 Å². The molecular formula is C28H27Cl2NO7. The number of amides is 1. The highest BCUT2D eigenvalue weighted by Crippen LogP contribution is 2.39. The minimum absolute atomic E-state index is 0.0322. The Bertz CT molecular complexity index is 1300. The van der Waals surface area contributed by atoms with Crippen LogP contribution >= 0.6 is 23.2 Å². The average Bonchev–Trinajstić information content (AvgIpc) is 2.89. The predicted molar refractivity (Wildman–Crippen MR) is 144 cm³/mol. The van der Waals surface area contributed by atoms with Crippen LogP contribution in [-0.2, 0) is 20.7 Å². The molecule has 10 heteroatoms. The van der Waals surface area contributed by atoms with Gasteiger partial charge in [-0.1, -0.05) is 47.0 Å². The molecule has 0 heterocycles. The summed E-state index contributed by atoms with van der Waals surface area (Å²) in [6.45, 7) is 3.56. The third-order valence-corrected chi connectivity index (χ3v) is 5.84. The summed E-state index contributed by atoms with van der Waals surface area (Å²) < 4.78 is 21.1. The van der Waals surface area contributed by atoms with Crippen molar-refractivity contribution in [3.63, 3.8) is 0 Å². The van der Waals surface area contributed by atoms with Gasteiger partial charge in [0, 0.05) is 12.0 Å². The van der Waals surface area contributed by atoms with Crippen molar-refractivity contribution in [3.8, 4) is 17.2 Å². The van der Waals surface area contributed by atoms with Crippen molar-refractivity contribution >= 4 is 41.0 Å². The molecule has 1 amide bonds. The number of esters is 1. The third kappa shape index (κ3) is 7.87. The summed E-state index contributed by atoms with van der Waals surface area (Å²) in [6, 6.07) is 15.4. The van der Waals surface area contributed by atoms with E-state index in [4.69, 9.17) is 42.1 Å². The molecule has 0 saturated carbocycles. The lowest BCUT2D eigenvalue weighted by Crippen LogP contribution is -2.31. The lowest BCUT2D eigenvalue weighted by Gasteiger charge is -2.14. The van der Waals surface area contributed by atoms with Crippen molar-refractivity contribution in [2.45, 2.75) is 20.3 Å². The lowest BCUT2D eigenvalue weighted by molar-refractivity contribution is -0.141. The monoisotopic (exact) mass is 559 g/mol. The van der Waals surface area contributed by atoms with Gasteiger partial charge in [-0.3, -0.25) is 9.59 Å². The summed E-state index contributed by atoms with van der Waals surface area (Å²) in [7, 11) is 1.49. The number of ether oxygens (including phenoxy) is 4. The Morgan fingerprint density at radius 1 is 0.947 bits per heavy atom. The van der Waals surface area contributed by atoms with Gasteiger partial charge in [0.25, 0.3) is 0 Å². The molecule has 0 aliphatic heterocycles. The van der Waals surface area contributed by atoms with Crippen LogP contribution in [0.4, 0.5) is 4.79 Å². The Morgan fingerprint density at radius 3 is 2.34 bits per heavy atom. The second-order valence-corrected chi connectivity index (χ2v) is 8.91. The molecule has 3 rings (SSSR count). The molecular weight excluding hydrogens is 533 g/mol. The second kappa shape index (κ2) is 13.7. The van der Waals surface area contributed by atoms with Crippen LogP contribution < -0.4 is 14.8 Å². The highest BCUT2D eigenvalue weighted by molar-refractivity contribution is 6.37. The van der Waals surface area contributed by atoms with Gasteiger partial charge < -0.3 is 24.3 Å². The zero-order valence-corrected chi connectivity index (χ0v) is 22.7. The smallest absolute Gasteiger partial charge is 0.407 e. The number of rotatable bonds is 11. The number of nitrogens with one attached hydrogen (secondary N) is 1. The number of benzene rings is 3. The third-order valence-electron chi connectivity index (χ3n) is 5.28. The van der Waals surface area contributed by atoms with E-state index in [0.717, 1.165) is 5.56 Å². The molecule has 0 fully saturated rings. The summed E-state index contributed by atoms with van der Waals surface area (Å²) in [5, 5.41) is 2.78. The van der Waals surface area contributed by atoms with Crippen molar-refractivity contribution in [1.82, 2.24) is 5.32 Å². The molecule has 38 heavy (non-hydrogen) atoms. The quantitative estimate of drug-likeness (QED) is 0.221. The van der Waals surface area contributed by atoms with E-state index in [9.17, 15) is 14.4 Å². The van der Waals surface area contributed by atoms with Gasteiger partial charge in [-0.25, -0.2) is 4.79 Å². The number of hydrogen-bond donors (Lipinski definition) is 1. The fourth-order valence-corrected chi connectivity index (χ4v) is 4.12. The summed E-state index contributed by atoms with van der Waals surface area (Å²) in [5.41, 5.74) is 2.52. The normalized spacial score (nSPS) is 10.4. The maximum absolute atomic E-state index is 13.2. The van der Waals surface area contributed by atoms with Gasteiger partial charge in [0.15, 0.2) is 11.5 Å². The van der Waals surface area contributed by atoms with E-state index in [0.29, 0.717) is 34.6 Å². The highest BCUT2D eigenvalue weighted by atomic mass is 35.5. The van der Waals surface area contributed by atoms with E-state index >= 15 is 0 Å². The van der Waals surface area contributed by atoms with E-state index in [1.807, 2.05) is 19.1 Å². The summed E-state index contributed by atoms with van der Waals surface area (Å²) in [4.78, 5) is 36.2. The molecule has 8 nitrogen and oxygen atoms in total. The van der Waals surface area contributed by atoms with E-state index < -0.39 is 12.1 Å². The van der Waals surface area contributed by atoms with Crippen LogP contribution in [0.3, 0.4) is 0 Å². The maximum Gasteiger partial charge on any atom is 0.407 e. The van der Waals surface area contributed by atoms with Crippen molar-refractivity contribution in [3.05, 3.63) is 86.9 Å². The molecule has 3 aromatic rings. The van der Waals surface area contributed by atoms with E-state index in [1.165, 1.54) is 7.11 Å². The Balaban J connectivity index is 1.68. The minimum Gasteiger partial charge on any atom is -0.496 e. The fourth-order valence-electron chi connectivity index (χ4n) is 3.51. The second-order valence-electron chi connectivity index (χ2n) is 8.10. The molecule has 0 radical (unpaired) electrons. The zero-order chi connectivity index (χ0) is 27.7. The molecule has 0 aliphatic rings. The number of aryl methyl sites for hydroxylation is 1. The average molecular weight is 560 g/mol. The van der Waals surface area contributed by atoms with Gasteiger partial charge in [-0.2, -0.15) is 0 Å². The number of ketones is 1. The minimum atomic E-state index is -0.745. The van der Waals surface area contributed by atoms with Gasteiger partial charge in [0.2, 0.25) is 0 Å². The van der Waals surface area contributed by atoms with Crippen molar-refractivity contribution in [1.29, 1.82) is 0 Å². The predicted octanol–water partition coefficient (Wildman–Crippen LogP) is 6.17. The van der Waals surface area contributed by atoms with Gasteiger partial charge in [-0.15, -0.1) is 0 Å². The molecule has 3 aromatic carbocycles. The molecule has 0 unspecified atom stereocenters. The molecule has 0 spiro atoms. The molecule has 0 aliphatic carbocycles. The first-order valence-electron chi connectivity index (χ1n) is 11.7. The van der Waals surface area contributed by atoms with Crippen LogP contribution in [0.5, 0.6) is 17.2 Å². The first-order chi connectivity index (χ1) is 18.2. The SMILES string of the molecule is CCOC(=O)CNC(=O)OCCc1cc(Cl)c(Oc2ccc(OC)c(C(=O)c3cccc(C)c3)c2)c(Cl)c1. The Hall–Kier alpha value is -3.75. The summed E-state index contributed by atoms with van der Waals surface area (Å²) >= 11 is 12.9. The molecule has 0 saturated heterocycles. The van der Waals surface area contributed by atoms with Crippen molar-refractivity contribution in [2.24, 2.45) is 0 Å². The van der Waals surface area contributed by atoms with Crippen LogP contribution in [0.1, 0.15) is 34.0 Å². The maximum atomic E-state index is 13.2. The van der Waals surface area contributed by atoms with Crippen LogP contribution in [0, 0.1) is 6.92 Å². The van der Waals surface area contributed by atoms with E-state index in [-0.39, 0.29) is 41.3 Å². The topological polar surface area (TPSA) is 100 Å². The Kier molecular flexibility index (Phi) is 10.4. The van der Waals surface area contributed by atoms with Crippen molar-refractivity contribution < 1.29 is 33.3 Å². The van der Waals surface area contributed by atoms with Crippen LogP contribution in [0.15, 0.2) is 54.6 Å². The van der Waals surface area contributed by atoms with Gasteiger partial charge in [0.05, 0.1) is 35.9 Å². The molecule has 0 atom stereocenters. The molecule has 1 N–H and O–H groups in total. The summed E-state index contributed by atoms with van der Waals surface area (Å²) in [6.07, 6.45) is -0.421. The number of alkyl carbamates (subject to hydrolysis) is 1. The molecule has 0 aromatic heterocycles. The number of carbonyl (C=O) groups excluding carboxylic acids is 3.